The fourth-order valence-corrected chi connectivity index (χ4v) is 4.44. The van der Waals surface area contributed by atoms with E-state index in [0.29, 0.717) is 22.9 Å². The molecule has 1 atom stereocenters. The lowest BCUT2D eigenvalue weighted by Gasteiger charge is -2.29. The fraction of sp³-hybridized carbons (Fsp3) is 0.208. The number of nitrogens with one attached hydrogen (secondary N) is 1. The predicted molar refractivity (Wildman–Crippen MR) is 124 cm³/mol. The second-order valence-electron chi connectivity index (χ2n) is 7.45. The molecule has 1 N–H and O–H groups in total. The molecule has 6 nitrogen and oxygen atoms in total. The van der Waals surface area contributed by atoms with Crippen LogP contribution in [0, 0.1) is 13.8 Å². The van der Waals surface area contributed by atoms with Crippen LogP contribution in [0.4, 0.5) is 11.4 Å². The molecule has 0 spiro atoms. The van der Waals surface area contributed by atoms with Gasteiger partial charge in [-0.15, -0.1) is 0 Å². The highest BCUT2D eigenvalue weighted by Gasteiger charge is 2.30. The van der Waals surface area contributed by atoms with Crippen LogP contribution in [-0.2, 0) is 14.8 Å². The van der Waals surface area contributed by atoms with Gasteiger partial charge in [0.2, 0.25) is 15.9 Å². The molecule has 7 heteroatoms. The second kappa shape index (κ2) is 9.22. The first-order valence-corrected chi connectivity index (χ1v) is 11.7. The Morgan fingerprint density at radius 1 is 0.935 bits per heavy atom. The molecular weight excluding hydrogens is 412 g/mol. The molecule has 3 rings (SSSR count). The number of nitrogens with zero attached hydrogens (tertiary/aromatic N) is 1. The average Bonchev–Trinajstić information content (AvgIpc) is 2.72. The SMILES string of the molecule is Cc1ccc(C)c(N([C@H](C)C(=O)Nc2ccc(Oc3ccccc3)cc2)S(C)(=O)=O)c1. The number of hydrogen-bond acceptors (Lipinski definition) is 4. The van der Waals surface area contributed by atoms with Crippen LogP contribution in [0.2, 0.25) is 0 Å². The second-order valence-corrected chi connectivity index (χ2v) is 9.31. The quantitative estimate of drug-likeness (QED) is 0.570. The van der Waals surface area contributed by atoms with Crippen molar-refractivity contribution in [3.63, 3.8) is 0 Å². The van der Waals surface area contributed by atoms with E-state index in [1.54, 1.807) is 37.3 Å². The largest absolute Gasteiger partial charge is 0.457 e. The molecule has 0 saturated carbocycles. The van der Waals surface area contributed by atoms with Crippen LogP contribution >= 0.6 is 0 Å². The van der Waals surface area contributed by atoms with Crippen LogP contribution in [0.25, 0.3) is 0 Å². The lowest BCUT2D eigenvalue weighted by Crippen LogP contribution is -2.45. The van der Waals surface area contributed by atoms with Crippen LogP contribution in [0.15, 0.2) is 72.8 Å². The first-order valence-electron chi connectivity index (χ1n) is 9.85. The Hall–Kier alpha value is -3.32. The Kier molecular flexibility index (Phi) is 6.65. The first-order chi connectivity index (χ1) is 14.6. The highest BCUT2D eigenvalue weighted by Crippen LogP contribution is 2.27. The lowest BCUT2D eigenvalue weighted by molar-refractivity contribution is -0.116. The molecule has 0 fully saturated rings. The summed E-state index contributed by atoms with van der Waals surface area (Å²) in [5.74, 6) is 0.915. The number of ether oxygens (including phenoxy) is 1. The number of carbonyl (C=O) groups is 1. The monoisotopic (exact) mass is 438 g/mol. The number of sulfonamides is 1. The lowest BCUT2D eigenvalue weighted by atomic mass is 10.1. The Morgan fingerprint density at radius 2 is 1.55 bits per heavy atom. The van der Waals surface area contributed by atoms with E-state index in [9.17, 15) is 13.2 Å². The number of amides is 1. The van der Waals surface area contributed by atoms with Gasteiger partial charge in [0.15, 0.2) is 0 Å². The van der Waals surface area contributed by atoms with Gasteiger partial charge in [-0.1, -0.05) is 30.3 Å². The summed E-state index contributed by atoms with van der Waals surface area (Å²) in [6, 6.07) is 20.9. The zero-order chi connectivity index (χ0) is 22.6. The third-order valence-electron chi connectivity index (χ3n) is 4.79. The van der Waals surface area contributed by atoms with Crippen molar-refractivity contribution in [2.24, 2.45) is 0 Å². The van der Waals surface area contributed by atoms with E-state index in [1.807, 2.05) is 56.3 Å². The number of benzene rings is 3. The highest BCUT2D eigenvalue weighted by atomic mass is 32.2. The van der Waals surface area contributed by atoms with Crippen molar-refractivity contribution < 1.29 is 17.9 Å². The Bertz CT molecular complexity index is 1160. The standard InChI is InChI=1S/C24H26N2O4S/c1-17-10-11-18(2)23(16-17)26(31(4,28)29)19(3)24(27)25-20-12-14-22(15-13-20)30-21-8-6-5-7-9-21/h5-16,19H,1-4H3,(H,25,27)/t19-/m1/s1. The van der Waals surface area contributed by atoms with Crippen molar-refractivity contribution in [2.75, 3.05) is 15.9 Å². The molecule has 3 aromatic carbocycles. The minimum Gasteiger partial charge on any atom is -0.457 e. The van der Waals surface area contributed by atoms with E-state index < -0.39 is 22.0 Å². The van der Waals surface area contributed by atoms with Crippen LogP contribution in [0.3, 0.4) is 0 Å². The maximum atomic E-state index is 12.9. The zero-order valence-corrected chi connectivity index (χ0v) is 18.8. The van der Waals surface area contributed by atoms with Gasteiger partial charge in [-0.2, -0.15) is 0 Å². The molecule has 0 unspecified atom stereocenters. The van der Waals surface area contributed by atoms with Crippen molar-refractivity contribution in [1.29, 1.82) is 0 Å². The van der Waals surface area contributed by atoms with Gasteiger partial charge in [0.1, 0.15) is 17.5 Å². The summed E-state index contributed by atoms with van der Waals surface area (Å²) in [5.41, 5.74) is 2.73. The Morgan fingerprint density at radius 3 is 2.16 bits per heavy atom. The smallest absolute Gasteiger partial charge is 0.247 e. The van der Waals surface area contributed by atoms with Gasteiger partial charge in [-0.25, -0.2) is 8.42 Å². The van der Waals surface area contributed by atoms with E-state index >= 15 is 0 Å². The molecule has 3 aromatic rings. The summed E-state index contributed by atoms with van der Waals surface area (Å²) >= 11 is 0. The van der Waals surface area contributed by atoms with Crippen molar-refractivity contribution in [2.45, 2.75) is 26.8 Å². The van der Waals surface area contributed by atoms with Crippen molar-refractivity contribution in [1.82, 2.24) is 0 Å². The molecule has 0 aliphatic rings. The Balaban J connectivity index is 1.77. The third-order valence-corrected chi connectivity index (χ3v) is 6.02. The molecule has 0 bridgehead atoms. The molecular formula is C24H26N2O4S. The molecule has 0 radical (unpaired) electrons. The van der Waals surface area contributed by atoms with Gasteiger partial charge in [0.25, 0.3) is 0 Å². The van der Waals surface area contributed by atoms with Crippen molar-refractivity contribution in [3.05, 3.63) is 83.9 Å². The molecule has 0 aromatic heterocycles. The Labute approximate surface area is 183 Å². The topological polar surface area (TPSA) is 75.7 Å². The number of anilines is 2. The van der Waals surface area contributed by atoms with Crippen LogP contribution in [0.5, 0.6) is 11.5 Å². The molecule has 0 heterocycles. The summed E-state index contributed by atoms with van der Waals surface area (Å²) < 4.78 is 32.0. The van der Waals surface area contributed by atoms with Crippen molar-refractivity contribution >= 4 is 27.3 Å². The molecule has 0 saturated heterocycles. The summed E-state index contributed by atoms with van der Waals surface area (Å²) in [6.45, 7) is 5.28. The number of hydrogen-bond donors (Lipinski definition) is 1. The normalized spacial score (nSPS) is 12.1. The van der Waals surface area contributed by atoms with E-state index in [-0.39, 0.29) is 0 Å². The van der Waals surface area contributed by atoms with Crippen molar-refractivity contribution in [3.8, 4) is 11.5 Å². The summed E-state index contributed by atoms with van der Waals surface area (Å²) in [7, 11) is -3.68. The minimum atomic E-state index is -3.68. The molecule has 0 aliphatic carbocycles. The number of aryl methyl sites for hydroxylation is 2. The average molecular weight is 439 g/mol. The van der Waals surface area contributed by atoms with E-state index in [1.165, 1.54) is 0 Å². The van der Waals surface area contributed by atoms with Crippen LogP contribution in [-0.4, -0.2) is 26.6 Å². The third kappa shape index (κ3) is 5.64. The zero-order valence-electron chi connectivity index (χ0n) is 18.0. The van der Waals surface area contributed by atoms with Gasteiger partial charge < -0.3 is 10.1 Å². The first kappa shape index (κ1) is 22.4. The minimum absolute atomic E-state index is 0.428. The van der Waals surface area contributed by atoms with Gasteiger partial charge in [0, 0.05) is 5.69 Å². The van der Waals surface area contributed by atoms with Gasteiger partial charge in [0.05, 0.1) is 11.9 Å². The maximum absolute atomic E-state index is 12.9. The maximum Gasteiger partial charge on any atom is 0.247 e. The van der Waals surface area contributed by atoms with E-state index in [4.69, 9.17) is 4.74 Å². The van der Waals surface area contributed by atoms with Gasteiger partial charge >= 0.3 is 0 Å². The van der Waals surface area contributed by atoms with Crippen LogP contribution in [0.1, 0.15) is 18.1 Å². The fourth-order valence-electron chi connectivity index (χ4n) is 3.22. The van der Waals surface area contributed by atoms with Gasteiger partial charge in [-0.05, 0) is 74.4 Å². The molecule has 0 aliphatic heterocycles. The summed E-state index contributed by atoms with van der Waals surface area (Å²) in [6.07, 6.45) is 1.11. The van der Waals surface area contributed by atoms with Crippen LogP contribution < -0.4 is 14.4 Å². The molecule has 31 heavy (non-hydrogen) atoms. The highest BCUT2D eigenvalue weighted by molar-refractivity contribution is 7.92. The number of para-hydroxylation sites is 1. The van der Waals surface area contributed by atoms with E-state index in [2.05, 4.69) is 5.32 Å². The van der Waals surface area contributed by atoms with E-state index in [0.717, 1.165) is 21.7 Å². The summed E-state index contributed by atoms with van der Waals surface area (Å²) in [4.78, 5) is 12.9. The molecule has 1 amide bonds. The molecule has 162 valence electrons. The number of rotatable bonds is 7. The van der Waals surface area contributed by atoms with Gasteiger partial charge in [-0.3, -0.25) is 9.10 Å². The number of carbonyl (C=O) groups excluding carboxylic acids is 1. The predicted octanol–water partition coefficient (Wildman–Crippen LogP) is 4.89. The summed E-state index contributed by atoms with van der Waals surface area (Å²) in [5, 5.41) is 2.79.